The topological polar surface area (TPSA) is 30.0 Å². The summed E-state index contributed by atoms with van der Waals surface area (Å²) in [6.45, 7) is 3.16. The van der Waals surface area contributed by atoms with Crippen LogP contribution in [0.2, 0.25) is 5.02 Å². The standard InChI is InChI=1S/C10H8ClNO/c1-3-4-8-5-9(11)10(7(2)13)12-6-8/h5-6H,1-2H3. The molecule has 1 rings (SSSR count). The Balaban J connectivity index is 3.17. The van der Waals surface area contributed by atoms with Crippen LogP contribution in [-0.2, 0) is 0 Å². The Bertz CT molecular complexity index is 401. The van der Waals surface area contributed by atoms with Crippen LogP contribution in [0.25, 0.3) is 0 Å². The molecule has 0 fully saturated rings. The van der Waals surface area contributed by atoms with Crippen molar-refractivity contribution >= 4 is 17.4 Å². The molecule has 1 heterocycles. The van der Waals surface area contributed by atoms with Crippen molar-refractivity contribution in [3.05, 3.63) is 28.5 Å². The first-order valence-electron chi connectivity index (χ1n) is 3.74. The number of carbonyl (C=O) groups excluding carboxylic acids is 1. The third kappa shape index (κ3) is 2.30. The summed E-state index contributed by atoms with van der Waals surface area (Å²) < 4.78 is 0. The van der Waals surface area contributed by atoms with Gasteiger partial charge in [-0.15, -0.1) is 5.92 Å². The van der Waals surface area contributed by atoms with Crippen LogP contribution in [-0.4, -0.2) is 10.8 Å². The number of pyridine rings is 1. The second-order valence-corrected chi connectivity index (χ2v) is 2.89. The zero-order valence-electron chi connectivity index (χ0n) is 7.39. The fourth-order valence-corrected chi connectivity index (χ4v) is 1.21. The number of Topliss-reactive ketones (excluding diaryl/α,β-unsaturated/α-hetero) is 1. The molecule has 0 saturated carbocycles. The van der Waals surface area contributed by atoms with Crippen LogP contribution in [0.3, 0.4) is 0 Å². The van der Waals surface area contributed by atoms with Crippen LogP contribution in [0.1, 0.15) is 29.9 Å². The van der Waals surface area contributed by atoms with Crippen molar-refractivity contribution in [2.45, 2.75) is 13.8 Å². The highest BCUT2D eigenvalue weighted by Gasteiger charge is 2.06. The summed E-state index contributed by atoms with van der Waals surface area (Å²) in [6.07, 6.45) is 1.54. The molecule has 0 unspecified atom stereocenters. The van der Waals surface area contributed by atoms with Gasteiger partial charge in [-0.2, -0.15) is 0 Å². The van der Waals surface area contributed by atoms with Crippen LogP contribution in [0.5, 0.6) is 0 Å². The monoisotopic (exact) mass is 193 g/mol. The first-order chi connectivity index (χ1) is 6.15. The van der Waals surface area contributed by atoms with E-state index >= 15 is 0 Å². The molecule has 0 N–H and O–H groups in total. The molecule has 0 spiro atoms. The summed E-state index contributed by atoms with van der Waals surface area (Å²) in [5.41, 5.74) is 1.01. The molecule has 0 aliphatic heterocycles. The highest BCUT2D eigenvalue weighted by atomic mass is 35.5. The van der Waals surface area contributed by atoms with Crippen molar-refractivity contribution in [2.75, 3.05) is 0 Å². The van der Waals surface area contributed by atoms with E-state index in [0.717, 1.165) is 5.56 Å². The van der Waals surface area contributed by atoms with Crippen LogP contribution in [0.4, 0.5) is 0 Å². The Morgan fingerprint density at radius 2 is 2.31 bits per heavy atom. The number of carbonyl (C=O) groups is 1. The summed E-state index contributed by atoms with van der Waals surface area (Å²) in [4.78, 5) is 14.9. The number of hydrogen-bond donors (Lipinski definition) is 0. The van der Waals surface area contributed by atoms with E-state index in [0.29, 0.717) is 10.7 Å². The van der Waals surface area contributed by atoms with Crippen molar-refractivity contribution in [3.8, 4) is 11.8 Å². The number of halogens is 1. The Morgan fingerprint density at radius 3 is 2.77 bits per heavy atom. The minimum Gasteiger partial charge on any atom is -0.293 e. The number of ketones is 1. The average molecular weight is 194 g/mol. The fourth-order valence-electron chi connectivity index (χ4n) is 0.910. The molecule has 0 aromatic carbocycles. The Kier molecular flexibility index (Phi) is 3.05. The lowest BCUT2D eigenvalue weighted by Gasteiger charge is -1.98. The van der Waals surface area contributed by atoms with Gasteiger partial charge in [0.25, 0.3) is 0 Å². The summed E-state index contributed by atoms with van der Waals surface area (Å²) in [7, 11) is 0. The Hall–Kier alpha value is -1.33. The minimum absolute atomic E-state index is 0.138. The van der Waals surface area contributed by atoms with Gasteiger partial charge in [0.05, 0.1) is 5.02 Å². The summed E-state index contributed by atoms with van der Waals surface area (Å²) in [6, 6.07) is 1.64. The van der Waals surface area contributed by atoms with Crippen molar-refractivity contribution in [2.24, 2.45) is 0 Å². The number of nitrogens with zero attached hydrogens (tertiary/aromatic N) is 1. The second kappa shape index (κ2) is 4.06. The SMILES string of the molecule is CC#Cc1cnc(C(C)=O)c(Cl)c1. The van der Waals surface area contributed by atoms with Crippen LogP contribution in [0, 0.1) is 11.8 Å². The van der Waals surface area contributed by atoms with E-state index in [1.54, 1.807) is 19.2 Å². The molecule has 0 saturated heterocycles. The lowest BCUT2D eigenvalue weighted by molar-refractivity contribution is 0.101. The normalized spacial score (nSPS) is 8.85. The largest absolute Gasteiger partial charge is 0.293 e. The van der Waals surface area contributed by atoms with Crippen molar-refractivity contribution < 1.29 is 4.79 Å². The van der Waals surface area contributed by atoms with E-state index in [-0.39, 0.29) is 5.78 Å². The molecule has 0 bridgehead atoms. The first-order valence-corrected chi connectivity index (χ1v) is 4.12. The third-order valence-electron chi connectivity index (χ3n) is 1.44. The average Bonchev–Trinajstić information content (AvgIpc) is 2.04. The van der Waals surface area contributed by atoms with Gasteiger partial charge in [-0.25, -0.2) is 0 Å². The van der Waals surface area contributed by atoms with Crippen LogP contribution in [0.15, 0.2) is 12.3 Å². The first kappa shape index (κ1) is 9.76. The second-order valence-electron chi connectivity index (χ2n) is 2.49. The van der Waals surface area contributed by atoms with E-state index in [1.807, 2.05) is 0 Å². The highest BCUT2D eigenvalue weighted by Crippen LogP contribution is 2.14. The minimum atomic E-state index is -0.138. The van der Waals surface area contributed by atoms with Gasteiger partial charge in [0, 0.05) is 18.7 Å². The summed E-state index contributed by atoms with van der Waals surface area (Å²) >= 11 is 5.81. The molecular weight excluding hydrogens is 186 g/mol. The van der Waals surface area contributed by atoms with Crippen molar-refractivity contribution in [1.82, 2.24) is 4.98 Å². The van der Waals surface area contributed by atoms with Gasteiger partial charge in [0.2, 0.25) is 0 Å². The van der Waals surface area contributed by atoms with E-state index in [1.165, 1.54) is 6.92 Å². The van der Waals surface area contributed by atoms with Gasteiger partial charge in [0.15, 0.2) is 5.78 Å². The summed E-state index contributed by atoms with van der Waals surface area (Å²) in [5, 5.41) is 0.354. The lowest BCUT2D eigenvalue weighted by atomic mass is 10.2. The number of aromatic nitrogens is 1. The summed E-state index contributed by atoms with van der Waals surface area (Å²) in [5.74, 6) is 5.39. The van der Waals surface area contributed by atoms with Gasteiger partial charge >= 0.3 is 0 Å². The number of hydrogen-bond acceptors (Lipinski definition) is 2. The molecule has 0 aliphatic rings. The molecule has 3 heteroatoms. The molecule has 13 heavy (non-hydrogen) atoms. The molecule has 0 radical (unpaired) electrons. The lowest BCUT2D eigenvalue weighted by Crippen LogP contribution is -1.97. The molecule has 1 aromatic heterocycles. The molecule has 66 valence electrons. The number of rotatable bonds is 1. The predicted octanol–water partition coefficient (Wildman–Crippen LogP) is 2.31. The van der Waals surface area contributed by atoms with E-state index in [2.05, 4.69) is 16.8 Å². The zero-order chi connectivity index (χ0) is 9.84. The van der Waals surface area contributed by atoms with Crippen LogP contribution < -0.4 is 0 Å². The van der Waals surface area contributed by atoms with Crippen LogP contribution >= 0.6 is 11.6 Å². The molecule has 0 amide bonds. The van der Waals surface area contributed by atoms with E-state index in [4.69, 9.17) is 11.6 Å². The van der Waals surface area contributed by atoms with Gasteiger partial charge in [-0.3, -0.25) is 9.78 Å². The molecular formula is C10H8ClNO. The zero-order valence-corrected chi connectivity index (χ0v) is 8.14. The quantitative estimate of drug-likeness (QED) is 0.506. The third-order valence-corrected chi connectivity index (χ3v) is 1.73. The van der Waals surface area contributed by atoms with Crippen molar-refractivity contribution in [3.63, 3.8) is 0 Å². The van der Waals surface area contributed by atoms with Gasteiger partial charge < -0.3 is 0 Å². The van der Waals surface area contributed by atoms with E-state index < -0.39 is 0 Å². The predicted molar refractivity (Wildman–Crippen MR) is 51.8 cm³/mol. The van der Waals surface area contributed by atoms with Gasteiger partial charge in [-0.05, 0) is 13.0 Å². The maximum atomic E-state index is 11.0. The maximum Gasteiger partial charge on any atom is 0.179 e. The van der Waals surface area contributed by atoms with Gasteiger partial charge in [0.1, 0.15) is 5.69 Å². The maximum absolute atomic E-state index is 11.0. The van der Waals surface area contributed by atoms with Gasteiger partial charge in [-0.1, -0.05) is 17.5 Å². The Morgan fingerprint density at radius 1 is 1.62 bits per heavy atom. The van der Waals surface area contributed by atoms with Crippen molar-refractivity contribution in [1.29, 1.82) is 0 Å². The van der Waals surface area contributed by atoms with E-state index in [9.17, 15) is 4.79 Å². The highest BCUT2D eigenvalue weighted by molar-refractivity contribution is 6.33. The molecule has 0 atom stereocenters. The molecule has 2 nitrogen and oxygen atoms in total. The smallest absolute Gasteiger partial charge is 0.179 e. The Labute approximate surface area is 81.9 Å². The fraction of sp³-hybridized carbons (Fsp3) is 0.200. The molecule has 0 aliphatic carbocycles. The molecule has 1 aromatic rings.